The number of nitrogens with zero attached hydrogens (tertiary/aromatic N) is 4. The number of amides is 2. The first kappa shape index (κ1) is 20.2. The molecule has 0 spiro atoms. The number of anilines is 1. The van der Waals surface area contributed by atoms with Crippen LogP contribution in [0.3, 0.4) is 0 Å². The third-order valence-corrected chi connectivity index (χ3v) is 5.37. The number of hydrogen-bond donors (Lipinski definition) is 1. The van der Waals surface area contributed by atoms with E-state index in [1.165, 1.54) is 12.1 Å². The number of urea groups is 1. The molecule has 2 amide bonds. The number of aryl methyl sites for hydroxylation is 1. The van der Waals surface area contributed by atoms with E-state index in [2.05, 4.69) is 19.8 Å². The van der Waals surface area contributed by atoms with Crippen LogP contribution in [0.1, 0.15) is 11.4 Å². The number of halogens is 3. The summed E-state index contributed by atoms with van der Waals surface area (Å²) < 4.78 is 40.0. The number of nitrogens with one attached hydrogen (secondary N) is 1. The highest BCUT2D eigenvalue weighted by molar-refractivity contribution is 5.89. The molecule has 30 heavy (non-hydrogen) atoms. The molecule has 9 heteroatoms. The summed E-state index contributed by atoms with van der Waals surface area (Å²) in [5.41, 5.74) is 1.65. The Balaban J connectivity index is 1.31. The predicted molar refractivity (Wildman–Crippen MR) is 108 cm³/mol. The van der Waals surface area contributed by atoms with Crippen LogP contribution >= 0.6 is 0 Å². The molecule has 0 saturated carbocycles. The lowest BCUT2D eigenvalue weighted by atomic mass is 10.2. The lowest BCUT2D eigenvalue weighted by molar-refractivity contribution is -0.137. The number of fused-ring (bicyclic) bond motifs is 1. The number of carbonyl (C=O) groups excluding carboxylic acids is 1. The summed E-state index contributed by atoms with van der Waals surface area (Å²) in [6, 6.07) is 12.1. The Hall–Kier alpha value is -3.07. The fraction of sp³-hybridized carbons (Fsp3) is 0.333. The molecular weight excluding hydrogens is 395 g/mol. The molecule has 1 aliphatic rings. The van der Waals surface area contributed by atoms with Crippen molar-refractivity contribution in [3.8, 4) is 0 Å². The molecule has 158 valence electrons. The van der Waals surface area contributed by atoms with Crippen LogP contribution in [0, 0.1) is 0 Å². The molecule has 1 N–H and O–H groups in total. The standard InChI is InChI=1S/C21H22F3N5O/c1-27-18-5-3-2-4-17(18)26-19(27)14-28-10-12-29(13-11-28)20(30)25-16-8-6-15(7-9-16)21(22,23)24/h2-9H,10-14H2,1H3,(H,25,30). The van der Waals surface area contributed by atoms with Gasteiger partial charge in [0.15, 0.2) is 0 Å². The van der Waals surface area contributed by atoms with Gasteiger partial charge in [0.1, 0.15) is 5.82 Å². The van der Waals surface area contributed by atoms with Crippen molar-refractivity contribution in [2.24, 2.45) is 7.05 Å². The van der Waals surface area contributed by atoms with Crippen molar-refractivity contribution in [2.45, 2.75) is 12.7 Å². The van der Waals surface area contributed by atoms with Crippen LogP contribution in [-0.2, 0) is 19.8 Å². The summed E-state index contributed by atoms with van der Waals surface area (Å²) in [6.45, 7) is 3.17. The number of piperazine rings is 1. The second-order valence-corrected chi connectivity index (χ2v) is 7.34. The Labute approximate surface area is 171 Å². The zero-order chi connectivity index (χ0) is 21.3. The van der Waals surface area contributed by atoms with Crippen LogP contribution in [0.2, 0.25) is 0 Å². The number of hydrogen-bond acceptors (Lipinski definition) is 3. The molecule has 4 rings (SSSR count). The van der Waals surface area contributed by atoms with Crippen LogP contribution in [0.5, 0.6) is 0 Å². The van der Waals surface area contributed by atoms with Crippen molar-refractivity contribution in [1.29, 1.82) is 0 Å². The van der Waals surface area contributed by atoms with Gasteiger partial charge in [0.25, 0.3) is 0 Å². The molecule has 6 nitrogen and oxygen atoms in total. The van der Waals surface area contributed by atoms with E-state index in [0.29, 0.717) is 38.4 Å². The molecule has 1 aromatic heterocycles. The molecule has 1 fully saturated rings. The zero-order valence-corrected chi connectivity index (χ0v) is 16.5. The minimum Gasteiger partial charge on any atom is -0.330 e. The van der Waals surface area contributed by atoms with Crippen LogP contribution in [0.25, 0.3) is 11.0 Å². The van der Waals surface area contributed by atoms with Crippen molar-refractivity contribution < 1.29 is 18.0 Å². The normalized spacial score (nSPS) is 15.5. The second-order valence-electron chi connectivity index (χ2n) is 7.34. The van der Waals surface area contributed by atoms with Gasteiger partial charge in [-0.2, -0.15) is 13.2 Å². The summed E-state index contributed by atoms with van der Waals surface area (Å²) in [5.74, 6) is 0.971. The second kappa shape index (κ2) is 7.98. The average molecular weight is 417 g/mol. The Morgan fingerprint density at radius 2 is 1.70 bits per heavy atom. The van der Waals surface area contributed by atoms with E-state index in [1.807, 2.05) is 31.3 Å². The topological polar surface area (TPSA) is 53.4 Å². The van der Waals surface area contributed by atoms with Gasteiger partial charge in [0.2, 0.25) is 0 Å². The van der Waals surface area contributed by atoms with E-state index in [0.717, 1.165) is 29.0 Å². The highest BCUT2D eigenvalue weighted by atomic mass is 19.4. The molecule has 1 aliphatic heterocycles. The highest BCUT2D eigenvalue weighted by Gasteiger charge is 2.30. The van der Waals surface area contributed by atoms with E-state index in [9.17, 15) is 18.0 Å². The van der Waals surface area contributed by atoms with Crippen LogP contribution in [-0.4, -0.2) is 51.6 Å². The quantitative estimate of drug-likeness (QED) is 0.702. The van der Waals surface area contributed by atoms with Crippen molar-refractivity contribution in [3.63, 3.8) is 0 Å². The number of alkyl halides is 3. The summed E-state index contributed by atoms with van der Waals surface area (Å²) in [6.07, 6.45) is -4.39. The van der Waals surface area contributed by atoms with Gasteiger partial charge in [-0.3, -0.25) is 4.90 Å². The van der Waals surface area contributed by atoms with Gasteiger partial charge < -0.3 is 14.8 Å². The Kier molecular flexibility index (Phi) is 5.38. The predicted octanol–water partition coefficient (Wildman–Crippen LogP) is 3.94. The maximum absolute atomic E-state index is 12.6. The number of para-hydroxylation sites is 2. The minimum absolute atomic E-state index is 0.308. The van der Waals surface area contributed by atoms with Gasteiger partial charge in [-0.1, -0.05) is 12.1 Å². The van der Waals surface area contributed by atoms with Crippen LogP contribution in [0.4, 0.5) is 23.7 Å². The first-order chi connectivity index (χ1) is 14.3. The number of rotatable bonds is 3. The van der Waals surface area contributed by atoms with Gasteiger partial charge in [-0.05, 0) is 36.4 Å². The lowest BCUT2D eigenvalue weighted by Crippen LogP contribution is -2.49. The SMILES string of the molecule is Cn1c(CN2CCN(C(=O)Nc3ccc(C(F)(F)F)cc3)CC2)nc2ccccc21. The van der Waals surface area contributed by atoms with Gasteiger partial charge >= 0.3 is 12.2 Å². The highest BCUT2D eigenvalue weighted by Crippen LogP contribution is 2.29. The van der Waals surface area contributed by atoms with Gasteiger partial charge in [0.05, 0.1) is 23.1 Å². The molecule has 1 saturated heterocycles. The maximum atomic E-state index is 12.6. The molecule has 0 atom stereocenters. The van der Waals surface area contributed by atoms with Crippen molar-refractivity contribution in [2.75, 3.05) is 31.5 Å². The van der Waals surface area contributed by atoms with E-state index >= 15 is 0 Å². The molecule has 3 aromatic rings. The third kappa shape index (κ3) is 4.25. The summed E-state index contributed by atoms with van der Waals surface area (Å²) >= 11 is 0. The van der Waals surface area contributed by atoms with E-state index in [1.54, 1.807) is 4.90 Å². The van der Waals surface area contributed by atoms with Gasteiger partial charge in [-0.15, -0.1) is 0 Å². The van der Waals surface area contributed by atoms with E-state index in [-0.39, 0.29) is 6.03 Å². The van der Waals surface area contributed by atoms with Crippen LogP contribution < -0.4 is 5.32 Å². The smallest absolute Gasteiger partial charge is 0.330 e. The van der Waals surface area contributed by atoms with Crippen molar-refractivity contribution in [1.82, 2.24) is 19.4 Å². The summed E-state index contributed by atoms with van der Waals surface area (Å²) in [7, 11) is 2.00. The van der Waals surface area contributed by atoms with Gasteiger partial charge in [0, 0.05) is 38.9 Å². The first-order valence-corrected chi connectivity index (χ1v) is 9.67. The molecule has 0 aliphatic carbocycles. The van der Waals surface area contributed by atoms with Crippen molar-refractivity contribution in [3.05, 3.63) is 59.9 Å². The first-order valence-electron chi connectivity index (χ1n) is 9.67. The molecular formula is C21H22F3N5O. The summed E-state index contributed by atoms with van der Waals surface area (Å²) in [5, 5.41) is 2.67. The van der Waals surface area contributed by atoms with E-state index in [4.69, 9.17) is 0 Å². The third-order valence-electron chi connectivity index (χ3n) is 5.37. The monoisotopic (exact) mass is 417 g/mol. The molecule has 2 aromatic carbocycles. The largest absolute Gasteiger partial charge is 0.416 e. The number of aromatic nitrogens is 2. The zero-order valence-electron chi connectivity index (χ0n) is 16.5. The number of carbonyl (C=O) groups is 1. The Morgan fingerprint density at radius 1 is 1.03 bits per heavy atom. The number of imidazole rings is 1. The average Bonchev–Trinajstić information content (AvgIpc) is 3.04. The molecule has 0 bridgehead atoms. The Morgan fingerprint density at radius 3 is 2.33 bits per heavy atom. The van der Waals surface area contributed by atoms with E-state index < -0.39 is 11.7 Å². The maximum Gasteiger partial charge on any atom is 0.416 e. The Bertz CT molecular complexity index is 1040. The lowest BCUT2D eigenvalue weighted by Gasteiger charge is -2.34. The van der Waals surface area contributed by atoms with Crippen molar-refractivity contribution >= 4 is 22.8 Å². The fourth-order valence-electron chi connectivity index (χ4n) is 3.59. The minimum atomic E-state index is -4.39. The summed E-state index contributed by atoms with van der Waals surface area (Å²) in [4.78, 5) is 21.0. The molecule has 2 heterocycles. The fourth-order valence-corrected chi connectivity index (χ4v) is 3.59. The van der Waals surface area contributed by atoms with Crippen LogP contribution in [0.15, 0.2) is 48.5 Å². The molecule has 0 unspecified atom stereocenters. The number of benzene rings is 2. The molecule has 0 radical (unpaired) electrons. The van der Waals surface area contributed by atoms with Gasteiger partial charge in [-0.25, -0.2) is 9.78 Å².